The molecule has 14 heteroatoms. The first-order valence-corrected chi connectivity index (χ1v) is 14.0. The molecule has 1 amide bonds. The van der Waals surface area contributed by atoms with Crippen molar-refractivity contribution in [1.82, 2.24) is 29.3 Å². The van der Waals surface area contributed by atoms with Crippen molar-refractivity contribution in [3.63, 3.8) is 0 Å². The molecule has 3 heterocycles. The van der Waals surface area contributed by atoms with Gasteiger partial charge in [-0.2, -0.15) is 0 Å². The predicted molar refractivity (Wildman–Crippen MR) is 159 cm³/mol. The van der Waals surface area contributed by atoms with E-state index in [1.54, 1.807) is 42.5 Å². The first-order valence-electron chi connectivity index (χ1n) is 13.2. The van der Waals surface area contributed by atoms with E-state index in [0.29, 0.717) is 41.5 Å². The van der Waals surface area contributed by atoms with Crippen LogP contribution in [0, 0.1) is 5.92 Å². The molecule has 2 N–H and O–H groups in total. The number of allylic oxidation sites excluding steroid dienone is 2. The first-order chi connectivity index (χ1) is 20.5. The van der Waals surface area contributed by atoms with Crippen LogP contribution in [0.2, 0.25) is 5.02 Å². The average molecular weight is 627 g/mol. The number of aromatic nitrogens is 4. The molecule has 1 saturated heterocycles. The van der Waals surface area contributed by atoms with Crippen molar-refractivity contribution >= 4 is 40.7 Å². The molecule has 2 aliphatic rings. The molecule has 2 aromatic heterocycles. The molecule has 43 heavy (non-hydrogen) atoms. The topological polar surface area (TPSA) is 149 Å². The zero-order chi connectivity index (χ0) is 31.1. The van der Waals surface area contributed by atoms with Gasteiger partial charge < -0.3 is 19.7 Å². The quantitative estimate of drug-likeness (QED) is 0.358. The second-order valence-electron chi connectivity index (χ2n) is 10.4. The summed E-state index contributed by atoms with van der Waals surface area (Å²) in [5.74, 6) is -1.93. The summed E-state index contributed by atoms with van der Waals surface area (Å²) < 4.78 is 7.54. The van der Waals surface area contributed by atoms with E-state index in [4.69, 9.17) is 32.9 Å². The number of ether oxygens (including phenoxy) is 1. The molecule has 5 rings (SSSR count). The van der Waals surface area contributed by atoms with E-state index in [1.807, 2.05) is 4.90 Å². The third-order valence-electron chi connectivity index (χ3n) is 7.61. The van der Waals surface area contributed by atoms with Crippen molar-refractivity contribution < 1.29 is 19.4 Å². The maximum Gasteiger partial charge on any atom is 0.330 e. The van der Waals surface area contributed by atoms with Crippen LogP contribution in [-0.4, -0.2) is 66.6 Å². The highest BCUT2D eigenvalue weighted by Gasteiger charge is 2.45. The Morgan fingerprint density at radius 1 is 1.21 bits per heavy atom. The molecule has 0 spiro atoms. The van der Waals surface area contributed by atoms with Gasteiger partial charge >= 0.3 is 11.7 Å². The second kappa shape index (κ2) is 11.8. The van der Waals surface area contributed by atoms with Crippen LogP contribution in [0.25, 0.3) is 5.57 Å². The molecule has 3 aromatic rings. The standard InChI is InChI=1S/C29H28Cl2N6O6/c1-35-14-19(26(39)36(2)28(35)42)24(38)34-29(10-6-8-18(23(29)31)17-7-4-5-9-20(17)30)22-11-32-21(25(33-22)43-3)15-37-12-16(13-37)27(40)41/h4-11,14,16,23H,12-13,15H2,1-3H3,(H,34,38)(H,40,41). The lowest BCUT2D eigenvalue weighted by molar-refractivity contribution is -0.147. The number of likely N-dealkylation sites (tertiary alicyclic amines) is 1. The second-order valence-corrected chi connectivity index (χ2v) is 11.2. The average Bonchev–Trinajstić information content (AvgIpc) is 2.96. The molecule has 1 fully saturated rings. The Morgan fingerprint density at radius 2 is 1.93 bits per heavy atom. The molecular weight excluding hydrogens is 599 g/mol. The van der Waals surface area contributed by atoms with Crippen LogP contribution in [-0.2, 0) is 31.0 Å². The molecule has 2 atom stereocenters. The zero-order valence-corrected chi connectivity index (χ0v) is 25.0. The number of methoxy groups -OCH3 is 1. The van der Waals surface area contributed by atoms with E-state index >= 15 is 0 Å². The summed E-state index contributed by atoms with van der Waals surface area (Å²) in [6.07, 6.45) is 7.74. The normalized spacial score (nSPS) is 20.3. The maximum atomic E-state index is 13.8. The largest absolute Gasteiger partial charge is 0.481 e. The number of nitrogens with zero attached hydrogens (tertiary/aromatic N) is 5. The molecule has 1 aliphatic carbocycles. The van der Waals surface area contributed by atoms with Crippen LogP contribution in [0.15, 0.2) is 64.5 Å². The lowest BCUT2D eigenvalue weighted by Gasteiger charge is -2.39. The van der Waals surface area contributed by atoms with Crippen LogP contribution in [0.1, 0.15) is 27.3 Å². The Morgan fingerprint density at radius 3 is 2.60 bits per heavy atom. The highest BCUT2D eigenvalue weighted by atomic mass is 35.5. The molecule has 0 radical (unpaired) electrons. The van der Waals surface area contributed by atoms with Crippen LogP contribution < -0.4 is 21.3 Å². The molecule has 2 unspecified atom stereocenters. The minimum atomic E-state index is -1.55. The van der Waals surface area contributed by atoms with Gasteiger partial charge in [-0.3, -0.25) is 28.8 Å². The number of carboxylic acid groups (broad SMARTS) is 1. The first kappa shape index (κ1) is 30.2. The fourth-order valence-electron chi connectivity index (χ4n) is 5.18. The minimum absolute atomic E-state index is 0.161. The number of hydrogen-bond acceptors (Lipinski definition) is 8. The molecule has 0 saturated carbocycles. The van der Waals surface area contributed by atoms with E-state index in [0.717, 1.165) is 9.13 Å². The zero-order valence-electron chi connectivity index (χ0n) is 23.5. The van der Waals surface area contributed by atoms with Crippen molar-refractivity contribution in [1.29, 1.82) is 0 Å². The summed E-state index contributed by atoms with van der Waals surface area (Å²) >= 11 is 13.7. The third-order valence-corrected chi connectivity index (χ3v) is 8.52. The van der Waals surface area contributed by atoms with Gasteiger partial charge in [0.15, 0.2) is 0 Å². The van der Waals surface area contributed by atoms with E-state index in [1.165, 1.54) is 33.6 Å². The molecule has 12 nitrogen and oxygen atoms in total. The fraction of sp³-hybridized carbons (Fsp3) is 0.310. The minimum Gasteiger partial charge on any atom is -0.481 e. The molecule has 1 aromatic carbocycles. The van der Waals surface area contributed by atoms with Crippen molar-refractivity contribution in [2.45, 2.75) is 17.5 Å². The SMILES string of the molecule is COc1nc(C2(NC(=O)c3cn(C)c(=O)n(C)c3=O)C=CC=C(c3ccccc3Cl)C2Cl)cnc1CN1CC(C(=O)O)C1. The summed E-state index contributed by atoms with van der Waals surface area (Å²) in [5, 5.41) is 11.6. The lowest BCUT2D eigenvalue weighted by Crippen LogP contribution is -2.54. The van der Waals surface area contributed by atoms with Gasteiger partial charge in [0, 0.05) is 44.9 Å². The number of alkyl halides is 1. The van der Waals surface area contributed by atoms with Gasteiger partial charge in [0.05, 0.1) is 30.3 Å². The number of hydrogen-bond donors (Lipinski definition) is 2. The third kappa shape index (κ3) is 5.49. The number of amides is 1. The Balaban J connectivity index is 1.58. The van der Waals surface area contributed by atoms with Gasteiger partial charge in [-0.25, -0.2) is 9.78 Å². The molecule has 0 bridgehead atoms. The van der Waals surface area contributed by atoms with Crippen molar-refractivity contribution in [2.75, 3.05) is 20.2 Å². The summed E-state index contributed by atoms with van der Waals surface area (Å²) in [6.45, 7) is 1.04. The highest BCUT2D eigenvalue weighted by Crippen LogP contribution is 2.43. The number of carbonyl (C=O) groups excluding carboxylic acids is 1. The number of benzene rings is 1. The van der Waals surface area contributed by atoms with Crippen molar-refractivity contribution in [3.8, 4) is 5.88 Å². The summed E-state index contributed by atoms with van der Waals surface area (Å²) in [5.41, 5.74) is -1.31. The van der Waals surface area contributed by atoms with Gasteiger partial charge in [0.2, 0.25) is 5.88 Å². The summed E-state index contributed by atoms with van der Waals surface area (Å²) in [4.78, 5) is 61.4. The molecule has 1 aliphatic heterocycles. The molecule has 224 valence electrons. The van der Waals surface area contributed by atoms with Crippen LogP contribution in [0.4, 0.5) is 0 Å². The van der Waals surface area contributed by atoms with E-state index in [2.05, 4.69) is 10.3 Å². The number of nitrogens with one attached hydrogen (secondary N) is 1. The smallest absolute Gasteiger partial charge is 0.330 e. The van der Waals surface area contributed by atoms with Crippen molar-refractivity contribution in [2.24, 2.45) is 20.0 Å². The molecular formula is C29H28Cl2N6O6. The monoisotopic (exact) mass is 626 g/mol. The number of carbonyl (C=O) groups is 2. The van der Waals surface area contributed by atoms with Crippen LogP contribution >= 0.6 is 23.2 Å². The van der Waals surface area contributed by atoms with Crippen molar-refractivity contribution in [3.05, 3.63) is 103 Å². The Bertz CT molecular complexity index is 1790. The summed E-state index contributed by atoms with van der Waals surface area (Å²) in [6, 6.07) is 7.10. The Hall–Kier alpha value is -4.26. The number of halogens is 2. The lowest BCUT2D eigenvalue weighted by atomic mass is 9.80. The van der Waals surface area contributed by atoms with Gasteiger partial charge in [0.1, 0.15) is 16.8 Å². The number of aliphatic carboxylic acids is 1. The van der Waals surface area contributed by atoms with Gasteiger partial charge in [-0.05, 0) is 17.2 Å². The fourth-order valence-corrected chi connectivity index (χ4v) is 5.85. The van der Waals surface area contributed by atoms with E-state index in [9.17, 15) is 24.3 Å². The highest BCUT2D eigenvalue weighted by molar-refractivity contribution is 6.34. The predicted octanol–water partition coefficient (Wildman–Crippen LogP) is 1.94. The van der Waals surface area contributed by atoms with Crippen LogP contribution in [0.5, 0.6) is 5.88 Å². The summed E-state index contributed by atoms with van der Waals surface area (Å²) in [7, 11) is 4.15. The maximum absolute atomic E-state index is 13.8. The van der Waals surface area contributed by atoms with E-state index in [-0.39, 0.29) is 17.1 Å². The van der Waals surface area contributed by atoms with Crippen LogP contribution in [0.3, 0.4) is 0 Å². The Kier molecular flexibility index (Phi) is 8.28. The number of rotatable bonds is 8. The van der Waals surface area contributed by atoms with Gasteiger partial charge in [-0.1, -0.05) is 48.0 Å². The number of aryl methyl sites for hydroxylation is 1. The van der Waals surface area contributed by atoms with E-state index < -0.39 is 40.0 Å². The Labute approximate surface area is 255 Å². The van der Waals surface area contributed by atoms with Gasteiger partial charge in [0.25, 0.3) is 11.5 Å². The number of carboxylic acids is 1. The van der Waals surface area contributed by atoms with Gasteiger partial charge in [-0.15, -0.1) is 11.6 Å².